The van der Waals surface area contributed by atoms with Crippen LogP contribution >= 0.6 is 0 Å². The first-order valence-corrected chi connectivity index (χ1v) is 9.48. The molecule has 0 unspecified atom stereocenters. The van der Waals surface area contributed by atoms with Gasteiger partial charge in [0.05, 0.1) is 4.90 Å². The maximum Gasteiger partial charge on any atom is 0.501 e. The van der Waals surface area contributed by atoms with Gasteiger partial charge in [0.25, 0.3) is 15.7 Å². The van der Waals surface area contributed by atoms with Crippen molar-refractivity contribution in [3.63, 3.8) is 0 Å². The number of carbonyl (C=O) groups is 1. The molecule has 0 aromatic heterocycles. The number of benzene rings is 2. The van der Waals surface area contributed by atoms with Crippen LogP contribution in [0.1, 0.15) is 15.9 Å². The van der Waals surface area contributed by atoms with Crippen LogP contribution in [0.2, 0.25) is 0 Å². The number of ether oxygens (including phenoxy) is 1. The molecular weight excluding hydrogens is 395 g/mol. The van der Waals surface area contributed by atoms with Crippen LogP contribution in [0.25, 0.3) is 0 Å². The lowest BCUT2D eigenvalue weighted by molar-refractivity contribution is -0.0436. The highest BCUT2D eigenvalue weighted by atomic mass is 32.2. The van der Waals surface area contributed by atoms with E-state index >= 15 is 0 Å². The maximum atomic E-state index is 12.5. The molecule has 2 rings (SSSR count). The van der Waals surface area contributed by atoms with Gasteiger partial charge in [-0.2, -0.15) is 13.2 Å². The molecular formula is C19H16F3NO4S. The van der Waals surface area contributed by atoms with Crippen LogP contribution in [0.4, 0.5) is 13.2 Å². The van der Waals surface area contributed by atoms with E-state index in [1.54, 1.807) is 12.1 Å². The van der Waals surface area contributed by atoms with Gasteiger partial charge in [-0.25, -0.2) is 8.42 Å². The molecule has 0 heterocycles. The molecule has 0 atom stereocenters. The van der Waals surface area contributed by atoms with E-state index in [4.69, 9.17) is 11.2 Å². The van der Waals surface area contributed by atoms with Gasteiger partial charge in [0, 0.05) is 12.1 Å². The van der Waals surface area contributed by atoms with E-state index in [9.17, 15) is 26.4 Å². The van der Waals surface area contributed by atoms with Crippen LogP contribution in [-0.4, -0.2) is 33.0 Å². The first-order valence-electron chi connectivity index (χ1n) is 8.00. The number of carbonyl (C=O) groups excluding carboxylic acids is 1. The maximum absolute atomic E-state index is 12.5. The Balaban J connectivity index is 1.91. The summed E-state index contributed by atoms with van der Waals surface area (Å²) in [6.07, 6.45) is 5.62. The predicted octanol–water partition coefficient (Wildman–Crippen LogP) is 2.96. The fourth-order valence-electron chi connectivity index (χ4n) is 2.22. The smallest absolute Gasteiger partial charge is 0.481 e. The van der Waals surface area contributed by atoms with Gasteiger partial charge in [-0.15, -0.1) is 6.42 Å². The Morgan fingerprint density at radius 1 is 1.07 bits per heavy atom. The molecule has 5 nitrogen and oxygen atoms in total. The average Bonchev–Trinajstić information content (AvgIpc) is 2.66. The Hall–Kier alpha value is -2.99. The van der Waals surface area contributed by atoms with E-state index in [0.29, 0.717) is 12.2 Å². The molecule has 0 bridgehead atoms. The summed E-state index contributed by atoms with van der Waals surface area (Å²) in [5.74, 6) is 2.45. The molecule has 148 valence electrons. The number of alkyl halides is 3. The second-order valence-corrected chi connectivity index (χ2v) is 7.56. The highest BCUT2D eigenvalue weighted by Gasteiger charge is 2.46. The second kappa shape index (κ2) is 8.80. The van der Waals surface area contributed by atoms with Crippen LogP contribution in [0.3, 0.4) is 0 Å². The highest BCUT2D eigenvalue weighted by molar-refractivity contribution is 7.92. The zero-order valence-electron chi connectivity index (χ0n) is 14.5. The molecule has 0 aliphatic rings. The first kappa shape index (κ1) is 21.3. The minimum Gasteiger partial charge on any atom is -0.481 e. The first-order chi connectivity index (χ1) is 13.1. The standard InChI is InChI=1S/C19H16F3NO4S/c1-2-13-27-16-7-3-14(4-8-16)11-12-23-18(24)15-5-9-17(10-6-15)28(25,26)19(20,21)22/h1,3-10H,11-13H2,(H,23,24). The Labute approximate surface area is 160 Å². The van der Waals surface area contributed by atoms with Gasteiger partial charge in [-0.05, 0) is 48.4 Å². The molecule has 1 N–H and O–H groups in total. The minimum atomic E-state index is -5.43. The summed E-state index contributed by atoms with van der Waals surface area (Å²) in [6, 6.07) is 10.7. The third kappa shape index (κ3) is 5.27. The lowest BCUT2D eigenvalue weighted by Crippen LogP contribution is -2.26. The number of sulfone groups is 1. The SMILES string of the molecule is C#CCOc1ccc(CCNC(=O)c2ccc(S(=O)(=O)C(F)(F)F)cc2)cc1. The fourth-order valence-corrected chi connectivity index (χ4v) is 2.98. The Bertz CT molecular complexity index is 960. The summed E-state index contributed by atoms with van der Waals surface area (Å²) in [7, 11) is -5.43. The Kier molecular flexibility index (Phi) is 6.70. The summed E-state index contributed by atoms with van der Waals surface area (Å²) in [6.45, 7) is 0.449. The van der Waals surface area contributed by atoms with Crippen LogP contribution in [0.5, 0.6) is 5.75 Å². The van der Waals surface area contributed by atoms with Crippen molar-refractivity contribution in [1.29, 1.82) is 0 Å². The molecule has 2 aromatic rings. The second-order valence-electron chi connectivity index (χ2n) is 5.62. The summed E-state index contributed by atoms with van der Waals surface area (Å²) in [4.78, 5) is 11.1. The molecule has 0 radical (unpaired) electrons. The summed E-state index contributed by atoms with van der Waals surface area (Å²) in [5.41, 5.74) is -4.41. The van der Waals surface area contributed by atoms with Crippen LogP contribution in [0.15, 0.2) is 53.4 Å². The van der Waals surface area contributed by atoms with Crippen molar-refractivity contribution in [2.24, 2.45) is 0 Å². The van der Waals surface area contributed by atoms with Crippen LogP contribution in [0, 0.1) is 12.3 Å². The van der Waals surface area contributed by atoms with Gasteiger partial charge < -0.3 is 10.1 Å². The molecule has 0 saturated carbocycles. The molecule has 0 aliphatic carbocycles. The summed E-state index contributed by atoms with van der Waals surface area (Å²) < 4.78 is 65.4. The van der Waals surface area contributed by atoms with Crippen molar-refractivity contribution in [1.82, 2.24) is 5.32 Å². The summed E-state index contributed by atoms with van der Waals surface area (Å²) >= 11 is 0. The van der Waals surface area contributed by atoms with Gasteiger partial charge in [-0.1, -0.05) is 18.1 Å². The van der Waals surface area contributed by atoms with Crippen molar-refractivity contribution in [3.8, 4) is 18.1 Å². The van der Waals surface area contributed by atoms with Crippen molar-refractivity contribution >= 4 is 15.7 Å². The number of rotatable bonds is 7. The lowest BCUT2D eigenvalue weighted by Gasteiger charge is -2.09. The van der Waals surface area contributed by atoms with E-state index < -0.39 is 26.1 Å². The number of terminal acetylenes is 1. The molecule has 28 heavy (non-hydrogen) atoms. The number of amides is 1. The zero-order valence-corrected chi connectivity index (χ0v) is 15.3. The van der Waals surface area contributed by atoms with E-state index in [1.165, 1.54) is 0 Å². The molecule has 0 spiro atoms. The van der Waals surface area contributed by atoms with Crippen molar-refractivity contribution in [3.05, 3.63) is 59.7 Å². The summed E-state index contributed by atoms with van der Waals surface area (Å²) in [5, 5.41) is 2.62. The third-order valence-electron chi connectivity index (χ3n) is 3.68. The third-order valence-corrected chi connectivity index (χ3v) is 5.18. The molecule has 1 amide bonds. The van der Waals surface area contributed by atoms with Gasteiger partial charge in [0.1, 0.15) is 12.4 Å². The van der Waals surface area contributed by atoms with E-state index in [2.05, 4.69) is 11.2 Å². The topological polar surface area (TPSA) is 72.5 Å². The fraction of sp³-hybridized carbons (Fsp3) is 0.211. The molecule has 0 fully saturated rings. The Morgan fingerprint density at radius 2 is 1.68 bits per heavy atom. The van der Waals surface area contributed by atoms with Crippen LogP contribution in [-0.2, 0) is 16.3 Å². The van der Waals surface area contributed by atoms with Gasteiger partial charge in [0.15, 0.2) is 0 Å². The van der Waals surface area contributed by atoms with Crippen molar-refractivity contribution in [2.45, 2.75) is 16.8 Å². The molecule has 0 aliphatic heterocycles. The van der Waals surface area contributed by atoms with Gasteiger partial charge in [-0.3, -0.25) is 4.79 Å². The molecule has 0 saturated heterocycles. The number of halogens is 3. The Morgan fingerprint density at radius 3 is 2.21 bits per heavy atom. The van der Waals surface area contributed by atoms with Crippen molar-refractivity contribution in [2.75, 3.05) is 13.2 Å². The van der Waals surface area contributed by atoms with Gasteiger partial charge in [0.2, 0.25) is 0 Å². The minimum absolute atomic E-state index is 0.0548. The number of nitrogens with one attached hydrogen (secondary N) is 1. The van der Waals surface area contributed by atoms with E-state index in [-0.39, 0.29) is 18.7 Å². The monoisotopic (exact) mass is 411 g/mol. The highest BCUT2D eigenvalue weighted by Crippen LogP contribution is 2.30. The number of hydrogen-bond donors (Lipinski definition) is 1. The molecule has 2 aromatic carbocycles. The quantitative estimate of drug-likeness (QED) is 0.711. The van der Waals surface area contributed by atoms with E-state index in [1.807, 2.05) is 12.1 Å². The van der Waals surface area contributed by atoms with Crippen LogP contribution < -0.4 is 10.1 Å². The van der Waals surface area contributed by atoms with Gasteiger partial charge >= 0.3 is 5.51 Å². The normalized spacial score (nSPS) is 11.5. The number of hydrogen-bond acceptors (Lipinski definition) is 4. The lowest BCUT2D eigenvalue weighted by atomic mass is 10.1. The van der Waals surface area contributed by atoms with E-state index in [0.717, 1.165) is 29.8 Å². The molecule has 9 heteroatoms. The predicted molar refractivity (Wildman–Crippen MR) is 96.5 cm³/mol. The largest absolute Gasteiger partial charge is 0.501 e. The average molecular weight is 411 g/mol. The van der Waals surface area contributed by atoms with Crippen molar-refractivity contribution < 1.29 is 31.1 Å². The zero-order chi connectivity index (χ0) is 20.8.